The zero-order valence-corrected chi connectivity index (χ0v) is 13.1. The van der Waals surface area contributed by atoms with Gasteiger partial charge < -0.3 is 4.90 Å². The number of likely N-dealkylation sites (N-methyl/N-ethyl adjacent to an activating group) is 1. The fraction of sp³-hybridized carbons (Fsp3) is 0.286. The quantitative estimate of drug-likeness (QED) is 0.891. The van der Waals surface area contributed by atoms with Gasteiger partial charge in [0.2, 0.25) is 10.0 Å². The van der Waals surface area contributed by atoms with Gasteiger partial charge in [-0.05, 0) is 48.6 Å². The number of benzene rings is 1. The van der Waals surface area contributed by atoms with Crippen LogP contribution in [0.15, 0.2) is 52.1 Å². The molecule has 0 saturated heterocycles. The van der Waals surface area contributed by atoms with Gasteiger partial charge in [0, 0.05) is 12.6 Å². The standard InChI is InChI=1S/C14H18N2O2S2/c1-16(2)14(12-8-9-19-11-12)10-15-20(17,18)13-6-4-3-5-7-13/h3-9,11,14-15H,10H2,1-2H3/t14-/m0/s1. The predicted molar refractivity (Wildman–Crippen MR) is 82.4 cm³/mol. The van der Waals surface area contributed by atoms with Crippen molar-refractivity contribution in [2.45, 2.75) is 10.9 Å². The summed E-state index contributed by atoms with van der Waals surface area (Å²) in [5.74, 6) is 0. The first-order valence-electron chi connectivity index (χ1n) is 6.24. The van der Waals surface area contributed by atoms with Crippen LogP contribution < -0.4 is 4.72 Å². The van der Waals surface area contributed by atoms with Gasteiger partial charge in [0.15, 0.2) is 0 Å². The van der Waals surface area contributed by atoms with Crippen LogP contribution in [0.25, 0.3) is 0 Å². The monoisotopic (exact) mass is 310 g/mol. The predicted octanol–water partition coefficient (Wildman–Crippen LogP) is 2.33. The largest absolute Gasteiger partial charge is 0.301 e. The van der Waals surface area contributed by atoms with Gasteiger partial charge in [-0.2, -0.15) is 11.3 Å². The summed E-state index contributed by atoms with van der Waals surface area (Å²) < 4.78 is 27.1. The van der Waals surface area contributed by atoms with Crippen molar-refractivity contribution in [3.63, 3.8) is 0 Å². The summed E-state index contributed by atoms with van der Waals surface area (Å²) in [7, 11) is 0.434. The Bertz CT molecular complexity index is 622. The molecule has 0 unspecified atom stereocenters. The minimum absolute atomic E-state index is 0.0275. The van der Waals surface area contributed by atoms with E-state index in [0.29, 0.717) is 11.4 Å². The first-order chi connectivity index (χ1) is 9.50. The lowest BCUT2D eigenvalue weighted by Gasteiger charge is -2.23. The third-order valence-corrected chi connectivity index (χ3v) is 5.21. The van der Waals surface area contributed by atoms with Crippen molar-refractivity contribution in [3.8, 4) is 0 Å². The van der Waals surface area contributed by atoms with Crippen LogP contribution >= 0.6 is 11.3 Å². The van der Waals surface area contributed by atoms with Gasteiger partial charge in [-0.3, -0.25) is 0 Å². The van der Waals surface area contributed by atoms with Crippen molar-refractivity contribution in [2.24, 2.45) is 0 Å². The van der Waals surface area contributed by atoms with E-state index in [4.69, 9.17) is 0 Å². The summed E-state index contributed by atoms with van der Waals surface area (Å²) in [5.41, 5.74) is 1.12. The zero-order chi connectivity index (χ0) is 14.6. The molecule has 0 amide bonds. The van der Waals surface area contributed by atoms with Crippen molar-refractivity contribution in [2.75, 3.05) is 20.6 Å². The first kappa shape index (κ1) is 15.2. The molecule has 108 valence electrons. The van der Waals surface area contributed by atoms with Crippen molar-refractivity contribution >= 4 is 21.4 Å². The topological polar surface area (TPSA) is 49.4 Å². The summed E-state index contributed by atoms with van der Waals surface area (Å²) in [5, 5.41) is 4.04. The normalized spacial score (nSPS) is 13.6. The molecule has 2 rings (SSSR count). The molecule has 0 bridgehead atoms. The van der Waals surface area contributed by atoms with E-state index < -0.39 is 10.0 Å². The fourth-order valence-electron chi connectivity index (χ4n) is 1.93. The molecule has 1 aromatic heterocycles. The Morgan fingerprint density at radius 1 is 1.20 bits per heavy atom. The van der Waals surface area contributed by atoms with Crippen LogP contribution in [0.1, 0.15) is 11.6 Å². The molecule has 0 aliphatic rings. The number of rotatable bonds is 6. The molecule has 1 aromatic carbocycles. The van der Waals surface area contributed by atoms with Crippen LogP contribution in [0.3, 0.4) is 0 Å². The lowest BCUT2D eigenvalue weighted by atomic mass is 10.1. The smallest absolute Gasteiger partial charge is 0.240 e. The SMILES string of the molecule is CN(C)[C@@H](CNS(=O)(=O)c1ccccc1)c1ccsc1. The average Bonchev–Trinajstić information content (AvgIpc) is 2.93. The number of nitrogens with one attached hydrogen (secondary N) is 1. The second-order valence-corrected chi connectivity index (χ2v) is 7.25. The molecular weight excluding hydrogens is 292 g/mol. The molecule has 20 heavy (non-hydrogen) atoms. The van der Waals surface area contributed by atoms with Gasteiger partial charge in [0.25, 0.3) is 0 Å². The fourth-order valence-corrected chi connectivity index (χ4v) is 3.70. The van der Waals surface area contributed by atoms with E-state index in [9.17, 15) is 8.42 Å². The lowest BCUT2D eigenvalue weighted by Crippen LogP contribution is -2.34. The Morgan fingerprint density at radius 2 is 1.90 bits per heavy atom. The molecule has 0 spiro atoms. The van der Waals surface area contributed by atoms with Gasteiger partial charge in [0.05, 0.1) is 4.90 Å². The summed E-state index contributed by atoms with van der Waals surface area (Å²) in [6.45, 7) is 0.348. The summed E-state index contributed by atoms with van der Waals surface area (Å²) >= 11 is 1.61. The van der Waals surface area contributed by atoms with Crippen LogP contribution in [0.4, 0.5) is 0 Å². The van der Waals surface area contributed by atoms with Gasteiger partial charge in [-0.15, -0.1) is 0 Å². The molecule has 0 fully saturated rings. The third kappa shape index (κ3) is 3.67. The maximum Gasteiger partial charge on any atom is 0.240 e. The molecular formula is C14H18N2O2S2. The third-order valence-electron chi connectivity index (χ3n) is 3.07. The van der Waals surface area contributed by atoms with E-state index >= 15 is 0 Å². The molecule has 0 aliphatic carbocycles. The molecule has 6 heteroatoms. The number of hydrogen-bond donors (Lipinski definition) is 1. The second-order valence-electron chi connectivity index (χ2n) is 4.70. The van der Waals surface area contributed by atoms with Crippen LogP contribution in [0.5, 0.6) is 0 Å². The Labute approximate surface area is 124 Å². The highest BCUT2D eigenvalue weighted by molar-refractivity contribution is 7.89. The van der Waals surface area contributed by atoms with Crippen molar-refractivity contribution in [1.82, 2.24) is 9.62 Å². The molecule has 2 aromatic rings. The van der Waals surface area contributed by atoms with Gasteiger partial charge in [0.1, 0.15) is 0 Å². The van der Waals surface area contributed by atoms with E-state index in [1.54, 1.807) is 41.7 Å². The highest BCUT2D eigenvalue weighted by Crippen LogP contribution is 2.20. The minimum atomic E-state index is -3.45. The number of nitrogens with zero attached hydrogens (tertiary/aromatic N) is 1. The summed E-state index contributed by atoms with van der Waals surface area (Å²) in [6, 6.07) is 10.5. The van der Waals surface area contributed by atoms with Crippen LogP contribution in [0, 0.1) is 0 Å². The Morgan fingerprint density at radius 3 is 2.45 bits per heavy atom. The maximum atomic E-state index is 12.2. The highest BCUT2D eigenvalue weighted by Gasteiger charge is 2.19. The van der Waals surface area contributed by atoms with E-state index in [-0.39, 0.29) is 6.04 Å². The minimum Gasteiger partial charge on any atom is -0.301 e. The molecule has 1 N–H and O–H groups in total. The molecule has 4 nitrogen and oxygen atoms in total. The van der Waals surface area contributed by atoms with Crippen molar-refractivity contribution in [3.05, 3.63) is 52.7 Å². The number of hydrogen-bond acceptors (Lipinski definition) is 4. The van der Waals surface area contributed by atoms with E-state index in [1.165, 1.54) is 0 Å². The van der Waals surface area contributed by atoms with Crippen LogP contribution in [-0.4, -0.2) is 34.0 Å². The average molecular weight is 310 g/mol. The number of sulfonamides is 1. The Balaban J connectivity index is 2.10. The van der Waals surface area contributed by atoms with Gasteiger partial charge in [-0.1, -0.05) is 18.2 Å². The molecule has 0 saturated carbocycles. The maximum absolute atomic E-state index is 12.2. The van der Waals surface area contributed by atoms with Crippen molar-refractivity contribution < 1.29 is 8.42 Å². The van der Waals surface area contributed by atoms with Gasteiger partial charge in [-0.25, -0.2) is 13.1 Å². The zero-order valence-electron chi connectivity index (χ0n) is 11.5. The highest BCUT2D eigenvalue weighted by atomic mass is 32.2. The second kappa shape index (κ2) is 6.49. The summed E-state index contributed by atoms with van der Waals surface area (Å²) in [6.07, 6.45) is 0. The summed E-state index contributed by atoms with van der Waals surface area (Å²) in [4.78, 5) is 2.30. The Kier molecular flexibility index (Phi) is 4.93. The van der Waals surface area contributed by atoms with Crippen LogP contribution in [0.2, 0.25) is 0 Å². The number of thiophene rings is 1. The van der Waals surface area contributed by atoms with Crippen LogP contribution in [-0.2, 0) is 10.0 Å². The van der Waals surface area contributed by atoms with Crippen molar-refractivity contribution in [1.29, 1.82) is 0 Å². The van der Waals surface area contributed by atoms with E-state index in [2.05, 4.69) is 4.72 Å². The molecule has 0 aliphatic heterocycles. The molecule has 1 atom stereocenters. The Hall–Kier alpha value is -1.21. The van der Waals surface area contributed by atoms with E-state index in [1.807, 2.05) is 35.8 Å². The van der Waals surface area contributed by atoms with Gasteiger partial charge >= 0.3 is 0 Å². The molecule has 1 heterocycles. The van der Waals surface area contributed by atoms with E-state index in [0.717, 1.165) is 5.56 Å². The lowest BCUT2D eigenvalue weighted by molar-refractivity contribution is 0.300. The first-order valence-corrected chi connectivity index (χ1v) is 8.66. The molecule has 0 radical (unpaired) electrons.